The van der Waals surface area contributed by atoms with Crippen LogP contribution in [0.1, 0.15) is 38.7 Å². The molecule has 0 aliphatic carbocycles. The molecule has 1 rings (SSSR count). The van der Waals surface area contributed by atoms with E-state index in [9.17, 15) is 9.50 Å². The molecule has 0 aromatic heterocycles. The fraction of sp³-hybridized carbons (Fsp3) is 0.429. The number of phenolic OH excluding ortho intramolecular Hbond substituents is 1. The topological polar surface area (TPSA) is 56.7 Å². The van der Waals surface area contributed by atoms with Crippen LogP contribution in [-0.2, 0) is 0 Å². The van der Waals surface area contributed by atoms with Gasteiger partial charge in [0.05, 0.1) is 5.71 Å². The normalized spacial score (nSPS) is 11.2. The highest BCUT2D eigenvalue weighted by Gasteiger charge is 2.06. The average molecular weight is 297 g/mol. The molecule has 110 valence electrons. The second-order valence-electron chi connectivity index (χ2n) is 4.43. The van der Waals surface area contributed by atoms with Gasteiger partial charge < -0.3 is 10.4 Å². The zero-order chi connectivity index (χ0) is 15.0. The van der Waals surface area contributed by atoms with Crippen LogP contribution in [0.3, 0.4) is 0 Å². The first-order chi connectivity index (χ1) is 9.54. The van der Waals surface area contributed by atoms with Crippen molar-refractivity contribution in [2.75, 3.05) is 6.54 Å². The molecule has 1 aromatic carbocycles. The van der Waals surface area contributed by atoms with Gasteiger partial charge in [0.1, 0.15) is 11.6 Å². The third-order valence-corrected chi connectivity index (χ3v) is 2.98. The summed E-state index contributed by atoms with van der Waals surface area (Å²) in [6.45, 7) is 4.59. The third-order valence-electron chi connectivity index (χ3n) is 2.74. The molecule has 0 aliphatic rings. The maximum atomic E-state index is 13.1. The van der Waals surface area contributed by atoms with Gasteiger partial charge in [-0.15, -0.1) is 0 Å². The van der Waals surface area contributed by atoms with Crippen LogP contribution in [-0.4, -0.2) is 22.5 Å². The Morgan fingerprint density at radius 3 is 2.85 bits per heavy atom. The lowest BCUT2D eigenvalue weighted by Gasteiger charge is -2.08. The Hall–Kier alpha value is -1.69. The van der Waals surface area contributed by atoms with E-state index in [2.05, 4.69) is 22.8 Å². The number of nitrogens with zero attached hydrogens (tertiary/aromatic N) is 1. The number of benzene rings is 1. The molecule has 1 aromatic rings. The molecule has 0 bridgehead atoms. The van der Waals surface area contributed by atoms with Crippen molar-refractivity contribution in [3.63, 3.8) is 0 Å². The molecular weight excluding hydrogens is 277 g/mol. The van der Waals surface area contributed by atoms with Crippen molar-refractivity contribution in [1.29, 1.82) is 0 Å². The summed E-state index contributed by atoms with van der Waals surface area (Å²) in [6.07, 6.45) is 3.35. The predicted molar refractivity (Wildman–Crippen MR) is 83.5 cm³/mol. The van der Waals surface area contributed by atoms with E-state index in [4.69, 9.17) is 12.2 Å². The van der Waals surface area contributed by atoms with Crippen molar-refractivity contribution in [2.45, 2.75) is 33.1 Å². The van der Waals surface area contributed by atoms with Crippen LogP contribution in [0.25, 0.3) is 0 Å². The summed E-state index contributed by atoms with van der Waals surface area (Å²) < 4.78 is 13.1. The quantitative estimate of drug-likeness (QED) is 0.327. The van der Waals surface area contributed by atoms with Gasteiger partial charge in [0.2, 0.25) is 0 Å². The lowest BCUT2D eigenvalue weighted by atomic mass is 10.1. The molecule has 6 heteroatoms. The number of aromatic hydroxyl groups is 1. The third kappa shape index (κ3) is 5.52. The highest BCUT2D eigenvalue weighted by molar-refractivity contribution is 7.80. The number of nitrogens with one attached hydrogen (secondary N) is 2. The van der Waals surface area contributed by atoms with E-state index in [-0.39, 0.29) is 5.75 Å². The lowest BCUT2D eigenvalue weighted by molar-refractivity contribution is 0.471. The highest BCUT2D eigenvalue weighted by atomic mass is 32.1. The zero-order valence-corrected chi connectivity index (χ0v) is 12.6. The fourth-order valence-electron chi connectivity index (χ4n) is 1.61. The molecule has 0 saturated carbocycles. The minimum Gasteiger partial charge on any atom is -0.507 e. The van der Waals surface area contributed by atoms with Gasteiger partial charge in [-0.3, -0.25) is 5.43 Å². The van der Waals surface area contributed by atoms with Crippen LogP contribution in [0.4, 0.5) is 4.39 Å². The second kappa shape index (κ2) is 8.47. The van der Waals surface area contributed by atoms with Crippen LogP contribution in [0.15, 0.2) is 23.3 Å². The van der Waals surface area contributed by atoms with E-state index in [1.54, 1.807) is 6.92 Å². The van der Waals surface area contributed by atoms with Crippen molar-refractivity contribution < 1.29 is 9.50 Å². The van der Waals surface area contributed by atoms with Gasteiger partial charge in [-0.2, -0.15) is 5.10 Å². The second-order valence-corrected chi connectivity index (χ2v) is 4.84. The van der Waals surface area contributed by atoms with Crippen molar-refractivity contribution >= 4 is 23.0 Å². The van der Waals surface area contributed by atoms with E-state index >= 15 is 0 Å². The summed E-state index contributed by atoms with van der Waals surface area (Å²) in [6, 6.07) is 3.72. The fourth-order valence-corrected chi connectivity index (χ4v) is 1.76. The average Bonchev–Trinajstić information content (AvgIpc) is 2.43. The van der Waals surface area contributed by atoms with Gasteiger partial charge in [-0.1, -0.05) is 19.8 Å². The van der Waals surface area contributed by atoms with E-state index in [0.29, 0.717) is 16.4 Å². The van der Waals surface area contributed by atoms with E-state index in [0.717, 1.165) is 25.8 Å². The first-order valence-corrected chi connectivity index (χ1v) is 7.02. The zero-order valence-electron chi connectivity index (χ0n) is 11.7. The van der Waals surface area contributed by atoms with Gasteiger partial charge in [0, 0.05) is 12.1 Å². The predicted octanol–water partition coefficient (Wildman–Crippen LogP) is 2.91. The molecule has 0 heterocycles. The lowest BCUT2D eigenvalue weighted by Crippen LogP contribution is -2.33. The number of hydrazone groups is 1. The number of halogens is 1. The summed E-state index contributed by atoms with van der Waals surface area (Å²) in [7, 11) is 0. The Bertz CT molecular complexity index is 491. The number of hydrogen-bond donors (Lipinski definition) is 3. The Morgan fingerprint density at radius 1 is 1.40 bits per heavy atom. The molecule has 3 N–H and O–H groups in total. The maximum absolute atomic E-state index is 13.1. The molecule has 20 heavy (non-hydrogen) atoms. The number of thiocarbonyl (C=S) groups is 1. The number of rotatable bonds is 6. The van der Waals surface area contributed by atoms with Gasteiger partial charge in [0.15, 0.2) is 5.11 Å². The molecule has 0 saturated heterocycles. The maximum Gasteiger partial charge on any atom is 0.186 e. The molecule has 0 spiro atoms. The van der Waals surface area contributed by atoms with Crippen LogP contribution in [0.2, 0.25) is 0 Å². The van der Waals surface area contributed by atoms with E-state index in [1.165, 1.54) is 18.2 Å². The minimum absolute atomic E-state index is 0.0173. The number of unbranched alkanes of at least 4 members (excludes halogenated alkanes) is 2. The van der Waals surface area contributed by atoms with Gasteiger partial charge in [0.25, 0.3) is 0 Å². The Kier molecular flexibility index (Phi) is 6.93. The number of hydrogen-bond acceptors (Lipinski definition) is 3. The molecule has 0 unspecified atom stereocenters. The number of phenols is 1. The standard InChI is InChI=1S/C14H20FN3OS/c1-3-4-5-8-16-14(20)18-17-10(2)12-9-11(15)6-7-13(12)19/h6-7,9,19H,3-5,8H2,1-2H3,(H2,16,18,20)/b17-10+. The molecule has 0 fully saturated rings. The van der Waals surface area contributed by atoms with E-state index < -0.39 is 5.82 Å². The van der Waals surface area contributed by atoms with Crippen LogP contribution in [0.5, 0.6) is 5.75 Å². The van der Waals surface area contributed by atoms with Crippen molar-refractivity contribution in [3.8, 4) is 5.75 Å². The summed E-state index contributed by atoms with van der Waals surface area (Å²) in [4.78, 5) is 0. The Balaban J connectivity index is 2.52. The molecular formula is C14H20FN3OS. The van der Waals surface area contributed by atoms with Crippen molar-refractivity contribution in [3.05, 3.63) is 29.6 Å². The SMILES string of the molecule is CCCCCNC(=S)N/N=C(\C)c1cc(F)ccc1O. The van der Waals surface area contributed by atoms with Gasteiger partial charge in [-0.05, 0) is 43.8 Å². The van der Waals surface area contributed by atoms with Crippen molar-refractivity contribution in [1.82, 2.24) is 10.7 Å². The smallest absolute Gasteiger partial charge is 0.186 e. The summed E-state index contributed by atoms with van der Waals surface area (Å²) in [5.41, 5.74) is 3.48. The molecule has 0 atom stereocenters. The minimum atomic E-state index is -0.424. The molecule has 0 radical (unpaired) electrons. The van der Waals surface area contributed by atoms with Crippen LogP contribution < -0.4 is 10.7 Å². The van der Waals surface area contributed by atoms with E-state index in [1.807, 2.05) is 0 Å². The van der Waals surface area contributed by atoms with Crippen LogP contribution >= 0.6 is 12.2 Å². The van der Waals surface area contributed by atoms with Gasteiger partial charge in [-0.25, -0.2) is 4.39 Å². The summed E-state index contributed by atoms with van der Waals surface area (Å²) >= 11 is 5.06. The molecule has 0 amide bonds. The van der Waals surface area contributed by atoms with Gasteiger partial charge >= 0.3 is 0 Å². The Labute approximate surface area is 124 Å². The summed E-state index contributed by atoms with van der Waals surface area (Å²) in [5, 5.41) is 17.1. The first-order valence-electron chi connectivity index (χ1n) is 6.61. The van der Waals surface area contributed by atoms with Crippen molar-refractivity contribution in [2.24, 2.45) is 5.10 Å². The largest absolute Gasteiger partial charge is 0.507 e. The highest BCUT2D eigenvalue weighted by Crippen LogP contribution is 2.18. The summed E-state index contributed by atoms with van der Waals surface area (Å²) in [5.74, 6) is -0.441. The Morgan fingerprint density at radius 2 is 2.15 bits per heavy atom. The molecule has 0 aliphatic heterocycles. The van der Waals surface area contributed by atoms with Crippen LogP contribution in [0, 0.1) is 5.82 Å². The molecule has 4 nitrogen and oxygen atoms in total. The monoisotopic (exact) mass is 297 g/mol. The first kappa shape index (κ1) is 16.4.